The third-order valence-electron chi connectivity index (χ3n) is 1.48. The summed E-state index contributed by atoms with van der Waals surface area (Å²) in [7, 11) is 0. The Kier molecular flexibility index (Phi) is 3.17. The number of carbonyl (C=O) groups is 1. The molecule has 1 unspecified atom stereocenters. The second-order valence-corrected chi connectivity index (χ2v) is 4.22. The first kappa shape index (κ1) is 9.61. The van der Waals surface area contributed by atoms with E-state index in [1.807, 2.05) is 6.92 Å². The van der Waals surface area contributed by atoms with Crippen LogP contribution >= 0.6 is 11.8 Å². The van der Waals surface area contributed by atoms with Crippen molar-refractivity contribution in [1.82, 2.24) is 0 Å². The Labute approximate surface area is 76.1 Å². The van der Waals surface area contributed by atoms with Crippen LogP contribution in [-0.4, -0.2) is 29.9 Å². The molecule has 1 heterocycles. The normalized spacial score (nSPS) is 29.4. The highest BCUT2D eigenvalue weighted by Gasteiger charge is 2.31. The van der Waals surface area contributed by atoms with Crippen LogP contribution in [0.15, 0.2) is 12.7 Å². The topological polar surface area (TPSA) is 35.5 Å². The zero-order chi connectivity index (χ0) is 9.03. The van der Waals surface area contributed by atoms with E-state index in [4.69, 9.17) is 9.47 Å². The van der Waals surface area contributed by atoms with Gasteiger partial charge in [0, 0.05) is 11.8 Å². The average Bonchev–Trinajstić information content (AvgIpc) is 2.05. The summed E-state index contributed by atoms with van der Waals surface area (Å²) in [6, 6.07) is 0. The molecule has 3 nitrogen and oxygen atoms in total. The summed E-state index contributed by atoms with van der Waals surface area (Å²) < 4.78 is 10.3. The maximum atomic E-state index is 10.9. The third-order valence-corrected chi connectivity index (χ3v) is 2.67. The first-order valence-electron chi connectivity index (χ1n) is 3.73. The zero-order valence-electron chi connectivity index (χ0n) is 7.04. The molecule has 0 aromatic heterocycles. The predicted molar refractivity (Wildman–Crippen MR) is 48.0 cm³/mol. The van der Waals surface area contributed by atoms with Crippen LogP contribution in [0.25, 0.3) is 0 Å². The van der Waals surface area contributed by atoms with Crippen molar-refractivity contribution in [3.8, 4) is 0 Å². The number of carbonyl (C=O) groups excluding carboxylic acids is 1. The quantitative estimate of drug-likeness (QED) is 0.482. The molecule has 1 aliphatic heterocycles. The summed E-state index contributed by atoms with van der Waals surface area (Å²) in [5.74, 6) is 0.469. The summed E-state index contributed by atoms with van der Waals surface area (Å²) in [6.45, 7) is 6.36. The van der Waals surface area contributed by atoms with Crippen molar-refractivity contribution >= 4 is 17.7 Å². The van der Waals surface area contributed by atoms with E-state index in [1.54, 1.807) is 11.8 Å². The Bertz CT molecular complexity index is 185. The van der Waals surface area contributed by atoms with E-state index < -0.39 is 10.9 Å². The first-order chi connectivity index (χ1) is 5.66. The van der Waals surface area contributed by atoms with Crippen LogP contribution < -0.4 is 0 Å². The van der Waals surface area contributed by atoms with Gasteiger partial charge in [-0.1, -0.05) is 6.58 Å². The molecule has 1 fully saturated rings. The molecular formula is C8H12O3S. The smallest absolute Gasteiger partial charge is 0.331 e. The third kappa shape index (κ3) is 2.53. The molecule has 0 aromatic carbocycles. The molecule has 1 aliphatic rings. The molecule has 0 bridgehead atoms. The molecule has 0 aliphatic carbocycles. The van der Waals surface area contributed by atoms with Crippen LogP contribution in [0.5, 0.6) is 0 Å². The van der Waals surface area contributed by atoms with Crippen LogP contribution in [0.1, 0.15) is 6.92 Å². The van der Waals surface area contributed by atoms with Gasteiger partial charge in [0.05, 0.1) is 13.2 Å². The van der Waals surface area contributed by atoms with Crippen molar-refractivity contribution in [1.29, 1.82) is 0 Å². The number of thioether (sulfide) groups is 1. The molecular weight excluding hydrogens is 176 g/mol. The fraction of sp³-hybridized carbons (Fsp3) is 0.625. The van der Waals surface area contributed by atoms with Crippen molar-refractivity contribution in [2.75, 3.05) is 19.0 Å². The molecule has 0 aromatic rings. The summed E-state index contributed by atoms with van der Waals surface area (Å²) in [6.07, 6.45) is 1.17. The van der Waals surface area contributed by atoms with Crippen molar-refractivity contribution in [3.05, 3.63) is 12.7 Å². The van der Waals surface area contributed by atoms with Gasteiger partial charge in [0.2, 0.25) is 0 Å². The van der Waals surface area contributed by atoms with Gasteiger partial charge >= 0.3 is 5.97 Å². The Morgan fingerprint density at radius 3 is 3.08 bits per heavy atom. The standard InChI is InChI=1S/C8H12O3S/c1-3-7(9)11-8(2)6-10-4-5-12-8/h3H,1,4-6H2,2H3. The average molecular weight is 188 g/mol. The van der Waals surface area contributed by atoms with Gasteiger partial charge in [-0.2, -0.15) is 0 Å². The van der Waals surface area contributed by atoms with Crippen LogP contribution in [0.3, 0.4) is 0 Å². The molecule has 0 amide bonds. The van der Waals surface area contributed by atoms with E-state index in [1.165, 1.54) is 6.08 Å². The van der Waals surface area contributed by atoms with Crippen molar-refractivity contribution in [3.63, 3.8) is 0 Å². The number of hydrogen-bond acceptors (Lipinski definition) is 4. The largest absolute Gasteiger partial charge is 0.443 e. The summed E-state index contributed by atoms with van der Waals surface area (Å²) in [5.41, 5.74) is 0. The maximum Gasteiger partial charge on any atom is 0.331 e. The Morgan fingerprint density at radius 1 is 1.83 bits per heavy atom. The minimum Gasteiger partial charge on any atom is -0.443 e. The van der Waals surface area contributed by atoms with Gasteiger partial charge in [0.15, 0.2) is 4.93 Å². The van der Waals surface area contributed by atoms with E-state index in [0.29, 0.717) is 6.61 Å². The lowest BCUT2D eigenvalue weighted by Crippen LogP contribution is -2.37. The second-order valence-electron chi connectivity index (χ2n) is 2.66. The fourth-order valence-corrected chi connectivity index (χ4v) is 1.87. The van der Waals surface area contributed by atoms with Crippen LogP contribution in [0.4, 0.5) is 0 Å². The molecule has 68 valence electrons. The lowest BCUT2D eigenvalue weighted by atomic mass is 10.4. The molecule has 0 radical (unpaired) electrons. The van der Waals surface area contributed by atoms with Gasteiger partial charge in [-0.15, -0.1) is 11.8 Å². The summed E-state index contributed by atoms with van der Waals surface area (Å²) in [5, 5.41) is 0. The van der Waals surface area contributed by atoms with E-state index in [9.17, 15) is 4.79 Å². The predicted octanol–water partition coefficient (Wildman–Crippen LogP) is 1.20. The van der Waals surface area contributed by atoms with Gasteiger partial charge in [-0.25, -0.2) is 4.79 Å². The summed E-state index contributed by atoms with van der Waals surface area (Å²) in [4.78, 5) is 10.4. The molecule has 12 heavy (non-hydrogen) atoms. The number of ether oxygens (including phenoxy) is 2. The van der Waals surface area contributed by atoms with Gasteiger partial charge in [-0.05, 0) is 6.92 Å². The van der Waals surface area contributed by atoms with Gasteiger partial charge < -0.3 is 9.47 Å². The lowest BCUT2D eigenvalue weighted by molar-refractivity contribution is -0.148. The van der Waals surface area contributed by atoms with Crippen molar-refractivity contribution in [2.45, 2.75) is 11.9 Å². The van der Waals surface area contributed by atoms with E-state index in [2.05, 4.69) is 6.58 Å². The number of hydrogen-bond donors (Lipinski definition) is 0. The lowest BCUT2D eigenvalue weighted by Gasteiger charge is -2.31. The highest BCUT2D eigenvalue weighted by Crippen LogP contribution is 2.30. The van der Waals surface area contributed by atoms with Crippen LogP contribution in [-0.2, 0) is 14.3 Å². The van der Waals surface area contributed by atoms with Crippen LogP contribution in [0.2, 0.25) is 0 Å². The monoisotopic (exact) mass is 188 g/mol. The first-order valence-corrected chi connectivity index (χ1v) is 4.72. The molecule has 1 atom stereocenters. The maximum absolute atomic E-state index is 10.9. The molecule has 1 saturated heterocycles. The molecule has 0 spiro atoms. The van der Waals surface area contributed by atoms with Crippen molar-refractivity contribution in [2.24, 2.45) is 0 Å². The Hall–Kier alpha value is -0.480. The second kappa shape index (κ2) is 3.96. The number of esters is 1. The molecule has 0 N–H and O–H groups in total. The van der Waals surface area contributed by atoms with Gasteiger partial charge in [0.1, 0.15) is 0 Å². The highest BCUT2D eigenvalue weighted by molar-refractivity contribution is 8.00. The van der Waals surface area contributed by atoms with E-state index in [0.717, 1.165) is 12.4 Å². The Balaban J connectivity index is 2.46. The minimum atomic E-state index is -0.524. The highest BCUT2D eigenvalue weighted by atomic mass is 32.2. The number of rotatable bonds is 2. The molecule has 1 rings (SSSR count). The van der Waals surface area contributed by atoms with E-state index >= 15 is 0 Å². The summed E-state index contributed by atoms with van der Waals surface area (Å²) >= 11 is 1.59. The molecule has 4 heteroatoms. The van der Waals surface area contributed by atoms with Gasteiger partial charge in [-0.3, -0.25) is 0 Å². The van der Waals surface area contributed by atoms with E-state index in [-0.39, 0.29) is 0 Å². The fourth-order valence-electron chi connectivity index (χ4n) is 0.929. The van der Waals surface area contributed by atoms with Crippen molar-refractivity contribution < 1.29 is 14.3 Å². The zero-order valence-corrected chi connectivity index (χ0v) is 7.86. The van der Waals surface area contributed by atoms with Crippen LogP contribution in [0, 0.1) is 0 Å². The molecule has 0 saturated carbocycles. The Morgan fingerprint density at radius 2 is 2.58 bits per heavy atom. The van der Waals surface area contributed by atoms with Gasteiger partial charge in [0.25, 0.3) is 0 Å². The minimum absolute atomic E-state index is 0.393. The SMILES string of the molecule is C=CC(=O)OC1(C)COCCS1.